The zero-order valence-electron chi connectivity index (χ0n) is 11.1. The molecule has 1 fully saturated rings. The van der Waals surface area contributed by atoms with Crippen LogP contribution in [0.3, 0.4) is 0 Å². The summed E-state index contributed by atoms with van der Waals surface area (Å²) in [5, 5.41) is 3.48. The second-order valence-electron chi connectivity index (χ2n) is 4.95. The molecule has 0 amide bonds. The molecule has 0 atom stereocenters. The van der Waals surface area contributed by atoms with E-state index in [1.54, 1.807) is 5.56 Å². The Morgan fingerprint density at radius 3 is 2.82 bits per heavy atom. The second-order valence-corrected chi connectivity index (χ2v) is 6.30. The van der Waals surface area contributed by atoms with Crippen LogP contribution in [-0.2, 0) is 13.1 Å². The summed E-state index contributed by atoms with van der Waals surface area (Å²) in [6, 6.07) is 2.40. The van der Waals surface area contributed by atoms with Crippen LogP contribution in [0.25, 0.3) is 0 Å². The highest BCUT2D eigenvalue weighted by Gasteiger charge is 2.14. The molecule has 2 heterocycles. The van der Waals surface area contributed by atoms with Crippen molar-refractivity contribution in [2.45, 2.75) is 46.2 Å². The molecule has 1 N–H and O–H groups in total. The van der Waals surface area contributed by atoms with Crippen molar-refractivity contribution in [1.29, 1.82) is 0 Å². The molecule has 0 bridgehead atoms. The van der Waals surface area contributed by atoms with Gasteiger partial charge in [-0.2, -0.15) is 0 Å². The predicted octanol–water partition coefficient (Wildman–Crippen LogP) is 3.15. The van der Waals surface area contributed by atoms with Crippen molar-refractivity contribution in [3.63, 3.8) is 0 Å². The summed E-state index contributed by atoms with van der Waals surface area (Å²) in [6.07, 6.45) is 3.98. The molecule has 0 saturated carbocycles. The van der Waals surface area contributed by atoms with Crippen molar-refractivity contribution in [3.05, 3.63) is 21.4 Å². The molecule has 1 aliphatic heterocycles. The highest BCUT2D eigenvalue weighted by atomic mass is 32.1. The Morgan fingerprint density at radius 1 is 1.35 bits per heavy atom. The topological polar surface area (TPSA) is 15.3 Å². The van der Waals surface area contributed by atoms with Gasteiger partial charge in [-0.25, -0.2) is 0 Å². The number of aryl methyl sites for hydroxylation is 1. The largest absolute Gasteiger partial charge is 0.312 e. The van der Waals surface area contributed by atoms with Gasteiger partial charge in [-0.1, -0.05) is 6.92 Å². The van der Waals surface area contributed by atoms with Crippen LogP contribution in [-0.4, -0.2) is 24.5 Å². The predicted molar refractivity (Wildman–Crippen MR) is 75.6 cm³/mol. The lowest BCUT2D eigenvalue weighted by Crippen LogP contribution is -2.18. The molecule has 0 unspecified atom stereocenters. The first-order valence-electron chi connectivity index (χ1n) is 6.81. The molecular weight excluding hydrogens is 228 g/mol. The SMILES string of the molecule is CCCNCc1cc(CN2CCCC2)c(C)s1. The minimum atomic E-state index is 1.04. The third-order valence-electron chi connectivity index (χ3n) is 3.39. The first-order valence-corrected chi connectivity index (χ1v) is 7.62. The van der Waals surface area contributed by atoms with E-state index in [4.69, 9.17) is 0 Å². The van der Waals surface area contributed by atoms with Gasteiger partial charge in [0.25, 0.3) is 0 Å². The summed E-state index contributed by atoms with van der Waals surface area (Å²) in [5.41, 5.74) is 1.55. The summed E-state index contributed by atoms with van der Waals surface area (Å²) in [5.74, 6) is 0. The highest BCUT2D eigenvalue weighted by molar-refractivity contribution is 7.12. The maximum Gasteiger partial charge on any atom is 0.0299 e. The van der Waals surface area contributed by atoms with Crippen LogP contribution >= 0.6 is 11.3 Å². The third kappa shape index (κ3) is 3.80. The fourth-order valence-corrected chi connectivity index (χ4v) is 3.42. The van der Waals surface area contributed by atoms with Gasteiger partial charge in [-0.3, -0.25) is 4.90 Å². The molecule has 1 aromatic rings. The fourth-order valence-electron chi connectivity index (χ4n) is 2.40. The Morgan fingerprint density at radius 2 is 2.12 bits per heavy atom. The molecule has 2 rings (SSSR count). The smallest absolute Gasteiger partial charge is 0.0299 e. The number of nitrogens with zero attached hydrogens (tertiary/aromatic N) is 1. The van der Waals surface area contributed by atoms with Gasteiger partial charge in [0.15, 0.2) is 0 Å². The lowest BCUT2D eigenvalue weighted by Gasteiger charge is -2.13. The molecule has 2 nitrogen and oxygen atoms in total. The average molecular weight is 252 g/mol. The van der Waals surface area contributed by atoms with Crippen LogP contribution in [0.4, 0.5) is 0 Å². The molecule has 17 heavy (non-hydrogen) atoms. The Bertz CT molecular complexity index is 340. The van der Waals surface area contributed by atoms with E-state index >= 15 is 0 Å². The molecule has 1 aliphatic rings. The van der Waals surface area contributed by atoms with Gasteiger partial charge in [0.2, 0.25) is 0 Å². The molecule has 0 aliphatic carbocycles. The van der Waals surface area contributed by atoms with Crippen molar-refractivity contribution in [1.82, 2.24) is 10.2 Å². The van der Waals surface area contributed by atoms with Crippen molar-refractivity contribution < 1.29 is 0 Å². The molecular formula is C14H24N2S. The van der Waals surface area contributed by atoms with Gasteiger partial charge in [-0.05, 0) is 57.5 Å². The van der Waals surface area contributed by atoms with Gasteiger partial charge in [-0.15, -0.1) is 11.3 Å². The van der Waals surface area contributed by atoms with E-state index in [0.717, 1.165) is 19.6 Å². The number of hydrogen-bond donors (Lipinski definition) is 1. The molecule has 0 aromatic carbocycles. The standard InChI is InChI=1S/C14H24N2S/c1-3-6-15-10-14-9-13(12(2)17-14)11-16-7-4-5-8-16/h9,15H,3-8,10-11H2,1-2H3. The van der Waals surface area contributed by atoms with Crippen molar-refractivity contribution >= 4 is 11.3 Å². The zero-order chi connectivity index (χ0) is 12.1. The Balaban J connectivity index is 1.88. The summed E-state index contributed by atoms with van der Waals surface area (Å²) in [7, 11) is 0. The lowest BCUT2D eigenvalue weighted by atomic mass is 10.2. The Hall–Kier alpha value is -0.380. The third-order valence-corrected chi connectivity index (χ3v) is 4.48. The molecule has 0 radical (unpaired) electrons. The van der Waals surface area contributed by atoms with E-state index in [-0.39, 0.29) is 0 Å². The van der Waals surface area contributed by atoms with E-state index in [9.17, 15) is 0 Å². The zero-order valence-corrected chi connectivity index (χ0v) is 11.9. The number of nitrogens with one attached hydrogen (secondary N) is 1. The molecule has 96 valence electrons. The van der Waals surface area contributed by atoms with Gasteiger partial charge < -0.3 is 5.32 Å². The number of likely N-dealkylation sites (tertiary alicyclic amines) is 1. The van der Waals surface area contributed by atoms with Crippen molar-refractivity contribution in [2.24, 2.45) is 0 Å². The van der Waals surface area contributed by atoms with Crippen LogP contribution in [0, 0.1) is 6.92 Å². The quantitative estimate of drug-likeness (QED) is 0.782. The summed E-state index contributed by atoms with van der Waals surface area (Å²) >= 11 is 1.96. The van der Waals surface area contributed by atoms with Crippen molar-refractivity contribution in [2.75, 3.05) is 19.6 Å². The van der Waals surface area contributed by atoms with E-state index in [1.807, 2.05) is 11.3 Å². The Labute approximate surface area is 109 Å². The molecule has 1 aromatic heterocycles. The second kappa shape index (κ2) is 6.53. The van der Waals surface area contributed by atoms with Crippen LogP contribution in [0.2, 0.25) is 0 Å². The Kier molecular flexibility index (Phi) is 5.01. The average Bonchev–Trinajstić information content (AvgIpc) is 2.91. The van der Waals surface area contributed by atoms with E-state index < -0.39 is 0 Å². The van der Waals surface area contributed by atoms with Gasteiger partial charge in [0.1, 0.15) is 0 Å². The van der Waals surface area contributed by atoms with Crippen LogP contribution in [0.5, 0.6) is 0 Å². The van der Waals surface area contributed by atoms with E-state index in [1.165, 1.54) is 42.1 Å². The van der Waals surface area contributed by atoms with Gasteiger partial charge in [0, 0.05) is 22.8 Å². The molecule has 0 spiro atoms. The lowest BCUT2D eigenvalue weighted by molar-refractivity contribution is 0.331. The maximum atomic E-state index is 3.48. The highest BCUT2D eigenvalue weighted by Crippen LogP contribution is 2.24. The van der Waals surface area contributed by atoms with Crippen LogP contribution in [0.15, 0.2) is 6.07 Å². The maximum absolute atomic E-state index is 3.48. The normalized spacial score (nSPS) is 16.8. The van der Waals surface area contributed by atoms with Crippen LogP contribution < -0.4 is 5.32 Å². The summed E-state index contributed by atoms with van der Waals surface area (Å²) in [6.45, 7) is 10.4. The van der Waals surface area contributed by atoms with Crippen molar-refractivity contribution in [3.8, 4) is 0 Å². The first-order chi connectivity index (χ1) is 8.29. The number of thiophene rings is 1. The van der Waals surface area contributed by atoms with E-state index in [2.05, 4.69) is 30.1 Å². The van der Waals surface area contributed by atoms with Crippen LogP contribution in [0.1, 0.15) is 41.5 Å². The minimum absolute atomic E-state index is 1.04. The van der Waals surface area contributed by atoms with Gasteiger partial charge in [0.05, 0.1) is 0 Å². The molecule has 1 saturated heterocycles. The fraction of sp³-hybridized carbons (Fsp3) is 0.714. The number of hydrogen-bond acceptors (Lipinski definition) is 3. The van der Waals surface area contributed by atoms with E-state index in [0.29, 0.717) is 0 Å². The number of rotatable bonds is 6. The molecule has 3 heteroatoms. The monoisotopic (exact) mass is 252 g/mol. The minimum Gasteiger partial charge on any atom is -0.312 e. The van der Waals surface area contributed by atoms with Gasteiger partial charge >= 0.3 is 0 Å². The summed E-state index contributed by atoms with van der Waals surface area (Å²) in [4.78, 5) is 5.58. The first kappa shape index (κ1) is 13.1. The summed E-state index contributed by atoms with van der Waals surface area (Å²) < 4.78 is 0.